The number of rotatable bonds is 4. The van der Waals surface area contributed by atoms with Crippen molar-refractivity contribution in [3.05, 3.63) is 53.6 Å². The summed E-state index contributed by atoms with van der Waals surface area (Å²) in [6.07, 6.45) is 0. The van der Waals surface area contributed by atoms with Gasteiger partial charge in [0.15, 0.2) is 0 Å². The van der Waals surface area contributed by atoms with E-state index in [1.165, 1.54) is 35.2 Å². The standard InChI is InChI=1S/C16H18N2O4S/c1-11-4-7-13(8-5-11)23(21,22)17-12-6-9-15(19)14(10-12)16(20)18(2)3/h4-10,17,19H,1-3H3. The lowest BCUT2D eigenvalue weighted by molar-refractivity contribution is 0.0824. The highest BCUT2D eigenvalue weighted by Gasteiger charge is 2.17. The second-order valence-corrected chi connectivity index (χ2v) is 7.03. The molecule has 2 N–H and O–H groups in total. The summed E-state index contributed by atoms with van der Waals surface area (Å²) in [4.78, 5) is 13.4. The summed E-state index contributed by atoms with van der Waals surface area (Å²) in [5, 5.41) is 9.78. The number of carbonyl (C=O) groups is 1. The highest BCUT2D eigenvalue weighted by atomic mass is 32.2. The summed E-state index contributed by atoms with van der Waals surface area (Å²) in [7, 11) is -0.669. The molecule has 0 heterocycles. The van der Waals surface area contributed by atoms with Gasteiger partial charge in [-0.3, -0.25) is 9.52 Å². The molecular formula is C16H18N2O4S. The molecule has 0 aliphatic carbocycles. The monoisotopic (exact) mass is 334 g/mol. The van der Waals surface area contributed by atoms with E-state index in [9.17, 15) is 18.3 Å². The maximum Gasteiger partial charge on any atom is 0.261 e. The van der Waals surface area contributed by atoms with Gasteiger partial charge in [-0.05, 0) is 37.3 Å². The number of hydrogen-bond acceptors (Lipinski definition) is 4. The molecule has 7 heteroatoms. The lowest BCUT2D eigenvalue weighted by Crippen LogP contribution is -2.22. The van der Waals surface area contributed by atoms with Crippen molar-refractivity contribution in [2.45, 2.75) is 11.8 Å². The fraction of sp³-hybridized carbons (Fsp3) is 0.188. The minimum absolute atomic E-state index is 0.0270. The van der Waals surface area contributed by atoms with Crippen molar-refractivity contribution >= 4 is 21.6 Å². The lowest BCUT2D eigenvalue weighted by atomic mass is 10.1. The first-order chi connectivity index (χ1) is 10.7. The fourth-order valence-corrected chi connectivity index (χ4v) is 2.99. The van der Waals surface area contributed by atoms with Gasteiger partial charge < -0.3 is 10.0 Å². The van der Waals surface area contributed by atoms with Crippen LogP contribution in [0.3, 0.4) is 0 Å². The third kappa shape index (κ3) is 3.81. The van der Waals surface area contributed by atoms with Crippen LogP contribution in [-0.4, -0.2) is 38.4 Å². The van der Waals surface area contributed by atoms with E-state index in [1.54, 1.807) is 26.2 Å². The topological polar surface area (TPSA) is 86.7 Å². The minimum atomic E-state index is -3.76. The molecule has 0 fully saturated rings. The highest BCUT2D eigenvalue weighted by Crippen LogP contribution is 2.24. The molecule has 0 aromatic heterocycles. The molecule has 0 bridgehead atoms. The first-order valence-electron chi connectivity index (χ1n) is 6.85. The zero-order valence-corrected chi connectivity index (χ0v) is 13.9. The summed E-state index contributed by atoms with van der Waals surface area (Å²) in [6, 6.07) is 10.4. The van der Waals surface area contributed by atoms with Gasteiger partial charge in [-0.2, -0.15) is 0 Å². The normalized spacial score (nSPS) is 11.1. The largest absolute Gasteiger partial charge is 0.507 e. The average molecular weight is 334 g/mol. The number of aromatic hydroxyl groups is 1. The molecule has 2 rings (SSSR count). The van der Waals surface area contributed by atoms with E-state index >= 15 is 0 Å². The van der Waals surface area contributed by atoms with Crippen molar-refractivity contribution in [1.82, 2.24) is 4.90 Å². The molecule has 2 aromatic rings. The molecule has 0 atom stereocenters. The Kier molecular flexibility index (Phi) is 4.60. The minimum Gasteiger partial charge on any atom is -0.507 e. The predicted molar refractivity (Wildman–Crippen MR) is 88.1 cm³/mol. The van der Waals surface area contributed by atoms with Crippen molar-refractivity contribution in [2.75, 3.05) is 18.8 Å². The Morgan fingerprint density at radius 1 is 1.09 bits per heavy atom. The van der Waals surface area contributed by atoms with Crippen LogP contribution in [0.2, 0.25) is 0 Å². The Balaban J connectivity index is 2.35. The van der Waals surface area contributed by atoms with Crippen LogP contribution < -0.4 is 4.72 Å². The van der Waals surface area contributed by atoms with Crippen LogP contribution in [0.1, 0.15) is 15.9 Å². The van der Waals surface area contributed by atoms with E-state index in [0.717, 1.165) is 5.56 Å². The molecule has 1 amide bonds. The number of nitrogens with zero attached hydrogens (tertiary/aromatic N) is 1. The van der Waals surface area contributed by atoms with Gasteiger partial charge in [0.1, 0.15) is 5.75 Å². The number of carbonyl (C=O) groups excluding carboxylic acids is 1. The number of sulfonamides is 1. The third-order valence-electron chi connectivity index (χ3n) is 3.22. The molecule has 2 aromatic carbocycles. The van der Waals surface area contributed by atoms with Crippen molar-refractivity contribution in [3.8, 4) is 5.75 Å². The smallest absolute Gasteiger partial charge is 0.261 e. The van der Waals surface area contributed by atoms with Crippen molar-refractivity contribution < 1.29 is 18.3 Å². The molecule has 0 saturated carbocycles. The van der Waals surface area contributed by atoms with Crippen molar-refractivity contribution in [3.63, 3.8) is 0 Å². The summed E-state index contributed by atoms with van der Waals surface area (Å²) in [6.45, 7) is 1.86. The van der Waals surface area contributed by atoms with Crippen LogP contribution in [0, 0.1) is 6.92 Å². The first kappa shape index (κ1) is 16.8. The van der Waals surface area contributed by atoms with E-state index in [2.05, 4.69) is 4.72 Å². The zero-order chi connectivity index (χ0) is 17.2. The van der Waals surface area contributed by atoms with Crippen LogP contribution in [0.25, 0.3) is 0 Å². The molecular weight excluding hydrogens is 316 g/mol. The first-order valence-corrected chi connectivity index (χ1v) is 8.33. The number of aryl methyl sites for hydroxylation is 1. The SMILES string of the molecule is Cc1ccc(S(=O)(=O)Nc2ccc(O)c(C(=O)N(C)C)c2)cc1. The van der Waals surface area contributed by atoms with Crippen LogP contribution in [0.4, 0.5) is 5.69 Å². The Hall–Kier alpha value is -2.54. The van der Waals surface area contributed by atoms with Crippen LogP contribution in [0.5, 0.6) is 5.75 Å². The molecule has 122 valence electrons. The Labute approximate surface area is 135 Å². The maximum atomic E-state index is 12.3. The molecule has 0 aliphatic rings. The van der Waals surface area contributed by atoms with E-state index < -0.39 is 15.9 Å². The van der Waals surface area contributed by atoms with Crippen molar-refractivity contribution in [2.24, 2.45) is 0 Å². The van der Waals surface area contributed by atoms with Gasteiger partial charge in [0.25, 0.3) is 15.9 Å². The number of hydrogen-bond donors (Lipinski definition) is 2. The molecule has 23 heavy (non-hydrogen) atoms. The van der Waals surface area contributed by atoms with Gasteiger partial charge in [-0.1, -0.05) is 17.7 Å². The fourth-order valence-electron chi connectivity index (χ4n) is 1.94. The molecule has 0 saturated heterocycles. The summed E-state index contributed by atoms with van der Waals surface area (Å²) < 4.78 is 27.1. The van der Waals surface area contributed by atoms with Crippen LogP contribution >= 0.6 is 0 Å². The van der Waals surface area contributed by atoms with E-state index in [4.69, 9.17) is 0 Å². The summed E-state index contributed by atoms with van der Waals surface area (Å²) in [5.41, 5.74) is 1.18. The van der Waals surface area contributed by atoms with Gasteiger partial charge >= 0.3 is 0 Å². The zero-order valence-electron chi connectivity index (χ0n) is 13.1. The van der Waals surface area contributed by atoms with E-state index in [1.807, 2.05) is 6.92 Å². The average Bonchev–Trinajstić information content (AvgIpc) is 2.48. The molecule has 6 nitrogen and oxygen atoms in total. The number of phenolic OH excluding ortho intramolecular Hbond substituents is 1. The lowest BCUT2D eigenvalue weighted by Gasteiger charge is -2.14. The Morgan fingerprint density at radius 3 is 2.26 bits per heavy atom. The van der Waals surface area contributed by atoms with E-state index in [-0.39, 0.29) is 21.9 Å². The van der Waals surface area contributed by atoms with Gasteiger partial charge in [0, 0.05) is 19.8 Å². The number of nitrogens with one attached hydrogen (secondary N) is 1. The molecule has 0 aliphatic heterocycles. The predicted octanol–water partition coefficient (Wildman–Crippen LogP) is 2.20. The van der Waals surface area contributed by atoms with Crippen LogP contribution in [0.15, 0.2) is 47.4 Å². The van der Waals surface area contributed by atoms with Crippen LogP contribution in [-0.2, 0) is 10.0 Å². The number of anilines is 1. The molecule has 0 spiro atoms. The quantitative estimate of drug-likeness (QED) is 0.839. The maximum absolute atomic E-state index is 12.3. The van der Waals surface area contributed by atoms with E-state index in [0.29, 0.717) is 0 Å². The van der Waals surface area contributed by atoms with Gasteiger partial charge in [-0.25, -0.2) is 8.42 Å². The number of benzene rings is 2. The number of amides is 1. The molecule has 0 unspecified atom stereocenters. The third-order valence-corrected chi connectivity index (χ3v) is 4.61. The second kappa shape index (κ2) is 6.29. The summed E-state index contributed by atoms with van der Waals surface area (Å²) in [5.74, 6) is -0.624. The van der Waals surface area contributed by atoms with Gasteiger partial charge in [0.2, 0.25) is 0 Å². The van der Waals surface area contributed by atoms with Gasteiger partial charge in [0.05, 0.1) is 10.5 Å². The van der Waals surface area contributed by atoms with Crippen molar-refractivity contribution in [1.29, 1.82) is 0 Å². The summed E-state index contributed by atoms with van der Waals surface area (Å²) >= 11 is 0. The highest BCUT2D eigenvalue weighted by molar-refractivity contribution is 7.92. The Bertz CT molecular complexity index is 828. The number of phenols is 1. The Morgan fingerprint density at radius 2 is 1.70 bits per heavy atom. The second-order valence-electron chi connectivity index (χ2n) is 5.35. The van der Waals surface area contributed by atoms with Gasteiger partial charge in [-0.15, -0.1) is 0 Å². The molecule has 0 radical (unpaired) electrons.